The summed E-state index contributed by atoms with van der Waals surface area (Å²) < 4.78 is 7.44. The first-order valence-corrected chi connectivity index (χ1v) is 9.52. The number of rotatable bonds is 4. The van der Waals surface area contributed by atoms with Crippen LogP contribution in [0.25, 0.3) is 11.5 Å². The molecule has 0 radical (unpaired) electrons. The van der Waals surface area contributed by atoms with Crippen LogP contribution >= 0.6 is 11.3 Å². The molecule has 1 saturated carbocycles. The first-order valence-electron chi connectivity index (χ1n) is 8.64. The molecule has 4 rings (SSSR count). The lowest BCUT2D eigenvalue weighted by molar-refractivity contribution is 0.435. The van der Waals surface area contributed by atoms with Crippen LogP contribution < -0.4 is 4.80 Å². The van der Waals surface area contributed by atoms with E-state index in [1.54, 1.807) is 30.0 Å². The predicted octanol–water partition coefficient (Wildman–Crippen LogP) is 4.32. The molecule has 0 spiro atoms. The van der Waals surface area contributed by atoms with E-state index >= 15 is 0 Å². The molecule has 0 bridgehead atoms. The molecule has 6 heteroatoms. The van der Waals surface area contributed by atoms with Gasteiger partial charge in [0.25, 0.3) is 0 Å². The van der Waals surface area contributed by atoms with E-state index < -0.39 is 0 Å². The van der Waals surface area contributed by atoms with Gasteiger partial charge in [-0.25, -0.2) is 4.68 Å². The number of aromatic nitrogens is 2. The topological polar surface area (TPSA) is 55.7 Å². The predicted molar refractivity (Wildman–Crippen MR) is 99.7 cm³/mol. The lowest BCUT2D eigenvalue weighted by atomic mass is 9.96. The van der Waals surface area contributed by atoms with Crippen LogP contribution in [0.4, 0.5) is 0 Å². The summed E-state index contributed by atoms with van der Waals surface area (Å²) in [6.45, 7) is 0. The highest BCUT2D eigenvalue weighted by molar-refractivity contribution is 7.07. The molecule has 0 aromatic carbocycles. The molecule has 3 aromatic rings. The van der Waals surface area contributed by atoms with Crippen LogP contribution in [0, 0.1) is 0 Å². The molecule has 3 aromatic heterocycles. The maximum atomic E-state index is 5.57. The van der Waals surface area contributed by atoms with Crippen molar-refractivity contribution in [2.45, 2.75) is 38.1 Å². The second-order valence-electron chi connectivity index (χ2n) is 6.11. The molecule has 0 atom stereocenters. The Morgan fingerprint density at radius 3 is 2.84 bits per heavy atom. The summed E-state index contributed by atoms with van der Waals surface area (Å²) in [4.78, 5) is 10.2. The standard InChI is InChI=1S/C19H20N4OS/c1-2-7-15(8-3-1)22-19-23(21-13-16-9-4-5-11-20-16)17(14-25-19)18-10-6-12-24-18/h4-6,9-15H,1-3,7-8H2/b21-13-,22-19?. The van der Waals surface area contributed by atoms with Gasteiger partial charge in [-0.3, -0.25) is 9.98 Å². The van der Waals surface area contributed by atoms with Crippen molar-refractivity contribution in [1.29, 1.82) is 0 Å². The molecule has 25 heavy (non-hydrogen) atoms. The van der Waals surface area contributed by atoms with Crippen LogP contribution in [0.1, 0.15) is 37.8 Å². The number of furan rings is 1. The van der Waals surface area contributed by atoms with Crippen molar-refractivity contribution in [1.82, 2.24) is 9.66 Å². The fourth-order valence-electron chi connectivity index (χ4n) is 3.03. The van der Waals surface area contributed by atoms with E-state index in [1.165, 1.54) is 19.3 Å². The van der Waals surface area contributed by atoms with Gasteiger partial charge >= 0.3 is 0 Å². The molecule has 0 amide bonds. The van der Waals surface area contributed by atoms with Crippen molar-refractivity contribution in [2.24, 2.45) is 10.1 Å². The molecular weight excluding hydrogens is 332 g/mol. The molecule has 0 aliphatic heterocycles. The Morgan fingerprint density at radius 1 is 1.16 bits per heavy atom. The van der Waals surface area contributed by atoms with E-state index in [2.05, 4.69) is 15.5 Å². The van der Waals surface area contributed by atoms with E-state index in [9.17, 15) is 0 Å². The summed E-state index contributed by atoms with van der Waals surface area (Å²) in [5.74, 6) is 0.791. The average Bonchev–Trinajstić information content (AvgIpc) is 3.31. The van der Waals surface area contributed by atoms with Gasteiger partial charge in [0.15, 0.2) is 5.76 Å². The Labute approximate surface area is 150 Å². The van der Waals surface area contributed by atoms with Crippen LogP contribution in [0.2, 0.25) is 0 Å². The molecule has 1 aliphatic rings. The van der Waals surface area contributed by atoms with Crippen molar-refractivity contribution in [3.63, 3.8) is 0 Å². The van der Waals surface area contributed by atoms with Crippen molar-refractivity contribution in [2.75, 3.05) is 0 Å². The van der Waals surface area contributed by atoms with Crippen molar-refractivity contribution in [3.05, 3.63) is 58.7 Å². The Balaban J connectivity index is 1.74. The molecule has 5 nitrogen and oxygen atoms in total. The van der Waals surface area contributed by atoms with Gasteiger partial charge in [-0.15, -0.1) is 11.3 Å². The first kappa shape index (κ1) is 16.0. The van der Waals surface area contributed by atoms with Crippen LogP contribution in [0.5, 0.6) is 0 Å². The Bertz CT molecular complexity index is 887. The molecule has 1 aliphatic carbocycles. The summed E-state index contributed by atoms with van der Waals surface area (Å²) in [5, 5.41) is 6.70. The lowest BCUT2D eigenvalue weighted by Crippen LogP contribution is -2.19. The van der Waals surface area contributed by atoms with Gasteiger partial charge in [0.2, 0.25) is 4.80 Å². The molecule has 0 N–H and O–H groups in total. The third-order valence-corrected chi connectivity index (χ3v) is 5.15. The van der Waals surface area contributed by atoms with Crippen LogP contribution in [0.15, 0.2) is 62.7 Å². The van der Waals surface area contributed by atoms with Crippen molar-refractivity contribution >= 4 is 17.6 Å². The first-order chi connectivity index (χ1) is 12.4. The summed E-state index contributed by atoms with van der Waals surface area (Å²) in [5.41, 5.74) is 1.73. The minimum absolute atomic E-state index is 0.396. The number of hydrogen-bond acceptors (Lipinski definition) is 5. The fourth-order valence-corrected chi connectivity index (χ4v) is 3.92. The molecule has 0 saturated heterocycles. The second-order valence-corrected chi connectivity index (χ2v) is 6.95. The van der Waals surface area contributed by atoms with Crippen molar-refractivity contribution < 1.29 is 4.42 Å². The van der Waals surface area contributed by atoms with Crippen LogP contribution in [-0.2, 0) is 0 Å². The zero-order chi connectivity index (χ0) is 16.9. The van der Waals surface area contributed by atoms with E-state index in [4.69, 9.17) is 9.41 Å². The van der Waals surface area contributed by atoms with Gasteiger partial charge in [-0.05, 0) is 37.1 Å². The number of thiazole rings is 1. The third kappa shape index (κ3) is 3.79. The Morgan fingerprint density at radius 2 is 2.08 bits per heavy atom. The molecule has 128 valence electrons. The Hall–Kier alpha value is -2.47. The smallest absolute Gasteiger partial charge is 0.206 e. The highest BCUT2D eigenvalue weighted by Gasteiger charge is 2.14. The number of pyridine rings is 1. The number of nitrogens with zero attached hydrogens (tertiary/aromatic N) is 4. The van der Waals surface area contributed by atoms with Crippen molar-refractivity contribution in [3.8, 4) is 11.5 Å². The van der Waals surface area contributed by atoms with Gasteiger partial charge < -0.3 is 4.42 Å². The molecule has 3 heterocycles. The molecule has 1 fully saturated rings. The minimum Gasteiger partial charge on any atom is -0.463 e. The van der Waals surface area contributed by atoms with Gasteiger partial charge in [0.1, 0.15) is 5.69 Å². The molecule has 0 unspecified atom stereocenters. The number of hydrogen-bond donors (Lipinski definition) is 0. The zero-order valence-electron chi connectivity index (χ0n) is 13.9. The van der Waals surface area contributed by atoms with E-state index in [1.807, 2.05) is 35.0 Å². The average molecular weight is 352 g/mol. The van der Waals surface area contributed by atoms with Gasteiger partial charge in [-0.1, -0.05) is 25.3 Å². The SMILES string of the molecule is C(=N/n1c(-c2ccco2)csc1=NC1CCCCC1)/c1ccccn1. The lowest BCUT2D eigenvalue weighted by Gasteiger charge is -2.16. The second kappa shape index (κ2) is 7.61. The summed E-state index contributed by atoms with van der Waals surface area (Å²) in [7, 11) is 0. The third-order valence-electron chi connectivity index (χ3n) is 4.32. The monoisotopic (exact) mass is 352 g/mol. The minimum atomic E-state index is 0.396. The van der Waals surface area contributed by atoms with Gasteiger partial charge in [0, 0.05) is 11.6 Å². The van der Waals surface area contributed by atoms with Crippen LogP contribution in [0.3, 0.4) is 0 Å². The molecular formula is C19H20N4OS. The van der Waals surface area contributed by atoms with Gasteiger partial charge in [0.05, 0.1) is 24.2 Å². The summed E-state index contributed by atoms with van der Waals surface area (Å²) >= 11 is 1.61. The fraction of sp³-hybridized carbons (Fsp3) is 0.316. The van der Waals surface area contributed by atoms with Crippen LogP contribution in [-0.4, -0.2) is 21.9 Å². The van der Waals surface area contributed by atoms with E-state index in [0.29, 0.717) is 6.04 Å². The highest BCUT2D eigenvalue weighted by atomic mass is 32.1. The van der Waals surface area contributed by atoms with Gasteiger partial charge in [-0.2, -0.15) is 5.10 Å². The maximum Gasteiger partial charge on any atom is 0.206 e. The van der Waals surface area contributed by atoms with E-state index in [-0.39, 0.29) is 0 Å². The highest BCUT2D eigenvalue weighted by Crippen LogP contribution is 2.22. The summed E-state index contributed by atoms with van der Waals surface area (Å²) in [6.07, 6.45) is 11.4. The quantitative estimate of drug-likeness (QED) is 0.657. The largest absolute Gasteiger partial charge is 0.463 e. The zero-order valence-corrected chi connectivity index (χ0v) is 14.7. The Kier molecular flexibility index (Phi) is 4.88. The maximum absolute atomic E-state index is 5.57. The summed E-state index contributed by atoms with van der Waals surface area (Å²) in [6, 6.07) is 10.0. The van der Waals surface area contributed by atoms with E-state index in [0.717, 1.165) is 34.8 Å². The normalized spacial score (nSPS) is 16.7.